The molecule has 1 amide bonds. The minimum atomic E-state index is -0.203. The highest BCUT2D eigenvalue weighted by Crippen LogP contribution is 2.29. The van der Waals surface area contributed by atoms with Gasteiger partial charge in [0.15, 0.2) is 0 Å². The lowest BCUT2D eigenvalue weighted by atomic mass is 10.1. The van der Waals surface area contributed by atoms with Crippen LogP contribution in [0.4, 0.5) is 0 Å². The van der Waals surface area contributed by atoms with Crippen LogP contribution in [0.1, 0.15) is 18.1 Å². The Hall–Kier alpha value is -0.810. The molecular formula is C13H15Cl2NO3. The van der Waals surface area contributed by atoms with Crippen molar-refractivity contribution in [2.24, 2.45) is 0 Å². The first-order valence-electron chi connectivity index (χ1n) is 6.07. The summed E-state index contributed by atoms with van der Waals surface area (Å²) in [5.41, 5.74) is 0.899. The van der Waals surface area contributed by atoms with Gasteiger partial charge in [-0.1, -0.05) is 29.3 Å². The van der Waals surface area contributed by atoms with Crippen LogP contribution in [0.5, 0.6) is 0 Å². The second-order valence-electron chi connectivity index (χ2n) is 4.35. The summed E-state index contributed by atoms with van der Waals surface area (Å²) >= 11 is 11.9. The van der Waals surface area contributed by atoms with Gasteiger partial charge in [0.25, 0.3) is 0 Å². The second-order valence-corrected chi connectivity index (χ2v) is 5.16. The number of amides is 1. The molecule has 1 fully saturated rings. The van der Waals surface area contributed by atoms with Gasteiger partial charge in [0.05, 0.1) is 29.8 Å². The molecule has 0 aromatic heterocycles. The Morgan fingerprint density at radius 1 is 1.42 bits per heavy atom. The summed E-state index contributed by atoms with van der Waals surface area (Å²) in [6.07, 6.45) is -0.0557. The Morgan fingerprint density at radius 3 is 2.89 bits per heavy atom. The van der Waals surface area contributed by atoms with Gasteiger partial charge in [0.2, 0.25) is 5.91 Å². The third-order valence-corrected chi connectivity index (χ3v) is 3.80. The number of hydrogen-bond acceptors (Lipinski definition) is 3. The normalized spacial score (nSPS) is 19.5. The van der Waals surface area contributed by atoms with E-state index in [0.717, 1.165) is 5.56 Å². The summed E-state index contributed by atoms with van der Waals surface area (Å²) in [5.74, 6) is -0.0594. The zero-order valence-electron chi connectivity index (χ0n) is 10.3. The van der Waals surface area contributed by atoms with Crippen molar-refractivity contribution in [2.75, 3.05) is 26.3 Å². The highest BCUT2D eigenvalue weighted by Gasteiger charge is 2.25. The molecule has 1 aliphatic heterocycles. The average Bonchev–Trinajstić information content (AvgIpc) is 2.42. The first-order chi connectivity index (χ1) is 9.11. The number of carbonyl (C=O) groups excluding carboxylic acids is 1. The van der Waals surface area contributed by atoms with Crippen molar-refractivity contribution in [1.29, 1.82) is 0 Å². The quantitative estimate of drug-likeness (QED) is 0.932. The van der Waals surface area contributed by atoms with Crippen molar-refractivity contribution < 1.29 is 14.6 Å². The van der Waals surface area contributed by atoms with Crippen LogP contribution in [0.15, 0.2) is 18.2 Å². The molecule has 0 saturated carbocycles. The number of morpholine rings is 1. The number of nitrogens with zero attached hydrogens (tertiary/aromatic N) is 1. The number of halogens is 2. The van der Waals surface area contributed by atoms with Crippen LogP contribution in [0, 0.1) is 0 Å². The van der Waals surface area contributed by atoms with Crippen LogP contribution >= 0.6 is 23.2 Å². The highest BCUT2D eigenvalue weighted by molar-refractivity contribution is 6.42. The van der Waals surface area contributed by atoms with Crippen LogP contribution in [0.3, 0.4) is 0 Å². The zero-order chi connectivity index (χ0) is 13.8. The Morgan fingerprint density at radius 2 is 2.21 bits per heavy atom. The largest absolute Gasteiger partial charge is 0.396 e. The van der Waals surface area contributed by atoms with Gasteiger partial charge >= 0.3 is 0 Å². The lowest BCUT2D eigenvalue weighted by Crippen LogP contribution is -2.42. The topological polar surface area (TPSA) is 49.8 Å². The van der Waals surface area contributed by atoms with Crippen LogP contribution in [-0.2, 0) is 9.53 Å². The minimum Gasteiger partial charge on any atom is -0.396 e. The Labute approximate surface area is 121 Å². The molecular weight excluding hydrogens is 289 g/mol. The molecule has 1 saturated heterocycles. The van der Waals surface area contributed by atoms with E-state index in [1.165, 1.54) is 0 Å². The standard InChI is InChI=1S/C13H15Cl2NO3/c14-10-2-1-9(7-11(10)15)12-8-16(4-6-19-12)13(18)3-5-17/h1-2,7,12,17H,3-6,8H2/t12-/m0/s1. The van der Waals surface area contributed by atoms with Gasteiger partial charge in [0, 0.05) is 13.0 Å². The van der Waals surface area contributed by atoms with Crippen molar-refractivity contribution in [1.82, 2.24) is 4.90 Å². The van der Waals surface area contributed by atoms with Gasteiger partial charge in [-0.3, -0.25) is 4.79 Å². The van der Waals surface area contributed by atoms with E-state index in [2.05, 4.69) is 0 Å². The summed E-state index contributed by atoms with van der Waals surface area (Å²) < 4.78 is 5.66. The molecule has 0 unspecified atom stereocenters. The molecule has 104 valence electrons. The number of carbonyl (C=O) groups is 1. The smallest absolute Gasteiger partial charge is 0.225 e. The number of benzene rings is 1. The molecule has 1 aromatic carbocycles. The van der Waals surface area contributed by atoms with E-state index in [1.54, 1.807) is 17.0 Å². The van der Waals surface area contributed by atoms with Gasteiger partial charge in [-0.2, -0.15) is 0 Å². The maximum absolute atomic E-state index is 11.8. The minimum absolute atomic E-state index is 0.0594. The van der Waals surface area contributed by atoms with Crippen molar-refractivity contribution in [3.05, 3.63) is 33.8 Å². The highest BCUT2D eigenvalue weighted by atomic mass is 35.5. The van der Waals surface area contributed by atoms with Crippen molar-refractivity contribution in [3.8, 4) is 0 Å². The number of aliphatic hydroxyl groups is 1. The molecule has 1 aliphatic rings. The molecule has 4 nitrogen and oxygen atoms in total. The average molecular weight is 304 g/mol. The molecule has 1 atom stereocenters. The Bertz CT molecular complexity index is 467. The summed E-state index contributed by atoms with van der Waals surface area (Å²) in [6.45, 7) is 1.36. The summed E-state index contributed by atoms with van der Waals surface area (Å²) in [6, 6.07) is 5.32. The molecule has 0 spiro atoms. The molecule has 6 heteroatoms. The number of ether oxygens (including phenoxy) is 1. The van der Waals surface area contributed by atoms with Gasteiger partial charge in [-0.15, -0.1) is 0 Å². The third kappa shape index (κ3) is 3.60. The van der Waals surface area contributed by atoms with Crippen molar-refractivity contribution >= 4 is 29.1 Å². The van der Waals surface area contributed by atoms with Gasteiger partial charge < -0.3 is 14.7 Å². The van der Waals surface area contributed by atoms with E-state index in [0.29, 0.717) is 29.7 Å². The SMILES string of the molecule is O=C(CCO)N1CCO[C@H](c2ccc(Cl)c(Cl)c2)C1. The fourth-order valence-corrected chi connectivity index (χ4v) is 2.35. The maximum Gasteiger partial charge on any atom is 0.225 e. The molecule has 0 aliphatic carbocycles. The van der Waals surface area contributed by atoms with E-state index >= 15 is 0 Å². The van der Waals surface area contributed by atoms with Crippen LogP contribution in [-0.4, -0.2) is 42.2 Å². The monoisotopic (exact) mass is 303 g/mol. The van der Waals surface area contributed by atoms with Gasteiger partial charge in [-0.25, -0.2) is 0 Å². The summed E-state index contributed by atoms with van der Waals surface area (Å²) in [5, 5.41) is 9.77. The van der Waals surface area contributed by atoms with Crippen LogP contribution in [0.2, 0.25) is 10.0 Å². The molecule has 19 heavy (non-hydrogen) atoms. The fraction of sp³-hybridized carbons (Fsp3) is 0.462. The molecule has 1 aromatic rings. The molecule has 0 bridgehead atoms. The zero-order valence-corrected chi connectivity index (χ0v) is 11.8. The third-order valence-electron chi connectivity index (χ3n) is 3.06. The van der Waals surface area contributed by atoms with E-state index in [9.17, 15) is 4.79 Å². The van der Waals surface area contributed by atoms with Crippen LogP contribution < -0.4 is 0 Å². The lowest BCUT2D eigenvalue weighted by Gasteiger charge is -2.33. The lowest BCUT2D eigenvalue weighted by molar-refractivity contribution is -0.139. The Balaban J connectivity index is 2.08. The Kier molecular flexibility index (Phi) is 5.05. The van der Waals surface area contributed by atoms with Crippen molar-refractivity contribution in [3.63, 3.8) is 0 Å². The molecule has 1 N–H and O–H groups in total. The predicted octanol–water partition coefficient (Wildman–Crippen LogP) is 2.28. The first-order valence-corrected chi connectivity index (χ1v) is 6.82. The second kappa shape index (κ2) is 6.57. The summed E-state index contributed by atoms with van der Waals surface area (Å²) in [4.78, 5) is 13.5. The number of rotatable bonds is 3. The maximum atomic E-state index is 11.8. The van der Waals surface area contributed by atoms with E-state index < -0.39 is 0 Å². The number of hydrogen-bond donors (Lipinski definition) is 1. The van der Waals surface area contributed by atoms with Gasteiger partial charge in [-0.05, 0) is 17.7 Å². The van der Waals surface area contributed by atoms with Crippen molar-refractivity contribution in [2.45, 2.75) is 12.5 Å². The number of aliphatic hydroxyl groups excluding tert-OH is 1. The van der Waals surface area contributed by atoms with Crippen LogP contribution in [0.25, 0.3) is 0 Å². The fourth-order valence-electron chi connectivity index (χ4n) is 2.04. The molecule has 1 heterocycles. The molecule has 0 radical (unpaired) electrons. The summed E-state index contributed by atoms with van der Waals surface area (Å²) in [7, 11) is 0. The van der Waals surface area contributed by atoms with Gasteiger partial charge in [0.1, 0.15) is 6.10 Å². The molecule has 2 rings (SSSR count). The van der Waals surface area contributed by atoms with E-state index in [-0.39, 0.29) is 25.0 Å². The predicted molar refractivity (Wildman–Crippen MR) is 73.4 cm³/mol. The van der Waals surface area contributed by atoms with E-state index in [4.69, 9.17) is 33.0 Å². The first kappa shape index (κ1) is 14.6. The van der Waals surface area contributed by atoms with E-state index in [1.807, 2.05) is 6.07 Å².